The number of hydrogen-bond acceptors (Lipinski definition) is 8. The molecule has 2 aliphatic rings. The average Bonchev–Trinajstić information content (AvgIpc) is 3.51. The lowest BCUT2D eigenvalue weighted by Crippen LogP contribution is -2.52. The van der Waals surface area contributed by atoms with Gasteiger partial charge in [-0.3, -0.25) is 4.98 Å². The Morgan fingerprint density at radius 2 is 2.11 bits per heavy atom. The summed E-state index contributed by atoms with van der Waals surface area (Å²) in [5.74, 6) is 1.42. The van der Waals surface area contributed by atoms with Crippen molar-refractivity contribution < 1.29 is 9.84 Å². The van der Waals surface area contributed by atoms with Crippen LogP contribution in [0.5, 0.6) is 5.75 Å². The lowest BCUT2D eigenvalue weighted by atomic mass is 9.88. The number of fused-ring (bicyclic) bond motifs is 1. The van der Waals surface area contributed by atoms with Crippen molar-refractivity contribution in [1.82, 2.24) is 24.9 Å². The molecule has 10 heteroatoms. The summed E-state index contributed by atoms with van der Waals surface area (Å²) in [6.07, 6.45) is 9.97. The van der Waals surface area contributed by atoms with E-state index in [1.807, 2.05) is 36.5 Å². The number of nitriles is 1. The van der Waals surface area contributed by atoms with E-state index in [1.165, 1.54) is 6.20 Å². The highest BCUT2D eigenvalue weighted by molar-refractivity contribution is 6.32. The molecule has 0 radical (unpaired) electrons. The second-order valence-electron chi connectivity index (χ2n) is 10.4. The molecule has 1 atom stereocenters. The summed E-state index contributed by atoms with van der Waals surface area (Å²) in [5, 5.41) is 28.3. The highest BCUT2D eigenvalue weighted by Gasteiger charge is 2.43. The zero-order chi connectivity index (χ0) is 26.5. The van der Waals surface area contributed by atoms with Gasteiger partial charge in [-0.05, 0) is 56.7 Å². The van der Waals surface area contributed by atoms with Crippen LogP contribution in [-0.2, 0) is 0 Å². The van der Waals surface area contributed by atoms with Crippen LogP contribution in [0.1, 0.15) is 31.5 Å². The zero-order valence-corrected chi connectivity index (χ0v) is 21.8. The van der Waals surface area contributed by atoms with E-state index in [0.717, 1.165) is 47.8 Å². The first kappa shape index (κ1) is 24.2. The van der Waals surface area contributed by atoms with Crippen LogP contribution < -0.4 is 15.0 Å². The zero-order valence-electron chi connectivity index (χ0n) is 21.0. The maximum absolute atomic E-state index is 10.1. The smallest absolute Gasteiger partial charge is 0.138 e. The Kier molecular flexibility index (Phi) is 5.74. The lowest BCUT2D eigenvalue weighted by molar-refractivity contribution is 0.0283. The van der Waals surface area contributed by atoms with Crippen LogP contribution in [0, 0.1) is 11.3 Å². The van der Waals surface area contributed by atoms with Crippen molar-refractivity contribution in [3.05, 3.63) is 77.5 Å². The molecule has 2 aliphatic heterocycles. The van der Waals surface area contributed by atoms with E-state index in [0.29, 0.717) is 21.9 Å². The quantitative estimate of drug-likeness (QED) is 0.386. The number of ether oxygens (including phenoxy) is 1. The molecule has 0 saturated carbocycles. The molecular weight excluding hydrogens is 502 g/mol. The molecule has 192 valence electrons. The summed E-state index contributed by atoms with van der Waals surface area (Å²) in [5.41, 5.74) is 3.41. The summed E-state index contributed by atoms with van der Waals surface area (Å²) in [4.78, 5) is 11.4. The third-order valence-corrected chi connectivity index (χ3v) is 7.11. The van der Waals surface area contributed by atoms with E-state index in [2.05, 4.69) is 32.4 Å². The molecule has 1 spiro atoms. The second kappa shape index (κ2) is 9.01. The van der Waals surface area contributed by atoms with Gasteiger partial charge >= 0.3 is 0 Å². The first-order valence-electron chi connectivity index (χ1n) is 12.3. The van der Waals surface area contributed by atoms with Gasteiger partial charge in [0.1, 0.15) is 29.9 Å². The molecule has 0 aromatic carbocycles. The van der Waals surface area contributed by atoms with Gasteiger partial charge in [-0.15, -0.1) is 0 Å². The van der Waals surface area contributed by atoms with E-state index < -0.39 is 5.60 Å². The molecule has 1 fully saturated rings. The number of halogens is 1. The Morgan fingerprint density at radius 3 is 2.82 bits per heavy atom. The minimum Gasteiger partial charge on any atom is -0.489 e. The maximum atomic E-state index is 10.1. The van der Waals surface area contributed by atoms with Crippen LogP contribution in [0.25, 0.3) is 22.3 Å². The molecule has 0 amide bonds. The predicted molar refractivity (Wildman–Crippen MR) is 145 cm³/mol. The van der Waals surface area contributed by atoms with Crippen molar-refractivity contribution in [2.24, 2.45) is 0 Å². The number of pyridine rings is 3. The van der Waals surface area contributed by atoms with Crippen molar-refractivity contribution >= 4 is 28.6 Å². The van der Waals surface area contributed by atoms with E-state index in [9.17, 15) is 10.4 Å². The van der Waals surface area contributed by atoms with Gasteiger partial charge < -0.3 is 20.1 Å². The molecule has 6 heterocycles. The summed E-state index contributed by atoms with van der Waals surface area (Å²) in [6.45, 7) is 5.14. The predicted octanol–water partition coefficient (Wildman–Crippen LogP) is 4.06. The molecule has 4 aromatic heterocycles. The number of anilines is 1. The number of nitrogens with zero attached hydrogens (tertiary/aromatic N) is 6. The summed E-state index contributed by atoms with van der Waals surface area (Å²) in [7, 11) is 0. The summed E-state index contributed by atoms with van der Waals surface area (Å²) < 4.78 is 7.46. The normalized spacial score (nSPS) is 18.7. The van der Waals surface area contributed by atoms with Crippen LogP contribution in [0.2, 0.25) is 5.02 Å². The molecule has 1 saturated heterocycles. The van der Waals surface area contributed by atoms with Gasteiger partial charge in [-0.2, -0.15) is 10.4 Å². The molecule has 0 aliphatic carbocycles. The molecule has 6 rings (SSSR count). The molecule has 0 unspecified atom stereocenters. The maximum Gasteiger partial charge on any atom is 0.138 e. The van der Waals surface area contributed by atoms with Crippen LogP contribution in [0.3, 0.4) is 0 Å². The number of hydrogen-bond donors (Lipinski definition) is 2. The van der Waals surface area contributed by atoms with E-state index in [-0.39, 0.29) is 12.1 Å². The third-order valence-electron chi connectivity index (χ3n) is 6.80. The average molecular weight is 528 g/mol. The van der Waals surface area contributed by atoms with Crippen LogP contribution in [0.4, 0.5) is 5.82 Å². The van der Waals surface area contributed by atoms with Gasteiger partial charge in [0.15, 0.2) is 0 Å². The van der Waals surface area contributed by atoms with E-state index in [1.54, 1.807) is 30.8 Å². The van der Waals surface area contributed by atoms with Crippen LogP contribution in [-0.4, -0.2) is 55.5 Å². The van der Waals surface area contributed by atoms with Crippen LogP contribution >= 0.6 is 11.6 Å². The largest absolute Gasteiger partial charge is 0.489 e. The minimum atomic E-state index is -0.984. The number of rotatable bonds is 6. The topological polar surface area (TPSA) is 112 Å². The fourth-order valence-electron chi connectivity index (χ4n) is 4.97. The summed E-state index contributed by atoms with van der Waals surface area (Å²) >= 11 is 6.31. The SMILES string of the molecule is CC(C)(O)COc1cc(-c2ccc(N3CC[C@@]4(C=C(c5ncccc5Cl)N4)C3)nc2)c2c(C#N)cnn2c1. The van der Waals surface area contributed by atoms with Crippen molar-refractivity contribution in [3.8, 4) is 22.9 Å². The van der Waals surface area contributed by atoms with Gasteiger partial charge in [-0.25, -0.2) is 9.50 Å². The molecule has 4 aromatic rings. The first-order valence-corrected chi connectivity index (χ1v) is 12.7. The van der Waals surface area contributed by atoms with Crippen molar-refractivity contribution in [2.45, 2.75) is 31.4 Å². The number of aromatic nitrogens is 4. The van der Waals surface area contributed by atoms with Crippen molar-refractivity contribution in [2.75, 3.05) is 24.6 Å². The molecule has 9 nitrogen and oxygen atoms in total. The Balaban J connectivity index is 1.25. The molecule has 38 heavy (non-hydrogen) atoms. The second-order valence-corrected chi connectivity index (χ2v) is 10.8. The highest BCUT2D eigenvalue weighted by Crippen LogP contribution is 2.38. The lowest BCUT2D eigenvalue weighted by Gasteiger charge is -2.38. The first-order chi connectivity index (χ1) is 18.2. The van der Waals surface area contributed by atoms with Crippen molar-refractivity contribution in [3.63, 3.8) is 0 Å². The van der Waals surface area contributed by atoms with E-state index in [4.69, 9.17) is 21.3 Å². The molecule has 0 bridgehead atoms. The van der Waals surface area contributed by atoms with Gasteiger partial charge in [0, 0.05) is 36.6 Å². The van der Waals surface area contributed by atoms with Gasteiger partial charge in [0.05, 0.1) is 45.3 Å². The van der Waals surface area contributed by atoms with Gasteiger partial charge in [0.25, 0.3) is 0 Å². The Bertz CT molecular complexity index is 1600. The van der Waals surface area contributed by atoms with Crippen LogP contribution in [0.15, 0.2) is 61.2 Å². The number of aliphatic hydroxyl groups is 1. The van der Waals surface area contributed by atoms with E-state index >= 15 is 0 Å². The minimum absolute atomic E-state index is 0.117. The fourth-order valence-corrected chi connectivity index (χ4v) is 5.19. The van der Waals surface area contributed by atoms with Gasteiger partial charge in [0.2, 0.25) is 0 Å². The fraction of sp³-hybridized carbons (Fsp3) is 0.286. The standard InChI is InChI=1S/C28H26ClN7O2/c1-27(2,37)17-38-20-10-21(26-19(12-30)14-33-36(26)15-20)18-5-6-24(32-13-18)35-9-7-28(16-35)11-23(34-28)25-22(29)4-3-8-31-25/h3-6,8,10-11,13-15,34,37H,7,9,16-17H2,1-2H3/t28-/m1/s1. The highest BCUT2D eigenvalue weighted by atomic mass is 35.5. The summed E-state index contributed by atoms with van der Waals surface area (Å²) in [6, 6.07) is 11.7. The number of nitrogens with one attached hydrogen (secondary N) is 1. The van der Waals surface area contributed by atoms with Crippen molar-refractivity contribution in [1.29, 1.82) is 5.26 Å². The Hall–Kier alpha value is -4.13. The Labute approximate surface area is 225 Å². The Morgan fingerprint density at radius 1 is 1.26 bits per heavy atom. The monoisotopic (exact) mass is 527 g/mol. The van der Waals surface area contributed by atoms with Gasteiger partial charge in [-0.1, -0.05) is 11.6 Å². The molecular formula is C28H26ClN7O2. The third kappa shape index (κ3) is 4.42. The molecule has 2 N–H and O–H groups in total.